The number of nitrogens with one attached hydrogen (secondary N) is 2. The van der Waals surface area contributed by atoms with Gasteiger partial charge in [-0.25, -0.2) is 14.8 Å². The lowest BCUT2D eigenvalue weighted by Crippen LogP contribution is -2.23. The molecule has 0 fully saturated rings. The fourth-order valence-electron chi connectivity index (χ4n) is 2.39. The van der Waals surface area contributed by atoms with Crippen LogP contribution in [0.4, 0.5) is 11.6 Å². The first-order valence-corrected chi connectivity index (χ1v) is 7.49. The predicted octanol–water partition coefficient (Wildman–Crippen LogP) is -0.478. The van der Waals surface area contributed by atoms with Gasteiger partial charge in [-0.05, 0) is 23.8 Å². The highest BCUT2D eigenvalue weighted by molar-refractivity contribution is 5.90. The van der Waals surface area contributed by atoms with E-state index in [0.29, 0.717) is 16.9 Å². The van der Waals surface area contributed by atoms with Gasteiger partial charge in [0.05, 0.1) is 30.2 Å². The fourth-order valence-corrected chi connectivity index (χ4v) is 2.39. The average molecular weight is 356 g/mol. The molecule has 11 nitrogen and oxygen atoms in total. The lowest BCUT2D eigenvalue weighted by atomic mass is 10.0. The molecule has 0 saturated carbocycles. The van der Waals surface area contributed by atoms with Gasteiger partial charge in [0.15, 0.2) is 11.2 Å². The van der Waals surface area contributed by atoms with Gasteiger partial charge in [0, 0.05) is 5.69 Å². The minimum atomic E-state index is -1.11. The Hall–Kier alpha value is -3.57. The number of H-pyrrole nitrogens is 1. The number of anilines is 2. The van der Waals surface area contributed by atoms with E-state index in [1.54, 1.807) is 12.1 Å². The molecule has 0 amide bonds. The molecule has 0 saturated heterocycles. The van der Waals surface area contributed by atoms with Crippen LogP contribution in [0.15, 0.2) is 29.2 Å². The van der Waals surface area contributed by atoms with Gasteiger partial charge < -0.3 is 27.6 Å². The first-order chi connectivity index (χ1) is 12.3. The van der Waals surface area contributed by atoms with Crippen LogP contribution in [-0.2, 0) is 6.54 Å². The van der Waals surface area contributed by atoms with Crippen LogP contribution < -0.4 is 28.1 Å². The summed E-state index contributed by atoms with van der Waals surface area (Å²) in [5.74, 6) is -1.15. The van der Waals surface area contributed by atoms with Crippen molar-refractivity contribution in [1.82, 2.24) is 19.9 Å². The first kappa shape index (κ1) is 17.3. The molecule has 0 spiro atoms. The fraction of sp³-hybridized carbons (Fsp3) is 0.133. The van der Waals surface area contributed by atoms with Gasteiger partial charge in [0.25, 0.3) is 5.56 Å². The number of hydrogen-bond donors (Lipinski definition) is 6. The van der Waals surface area contributed by atoms with Gasteiger partial charge in [0.1, 0.15) is 0 Å². The van der Waals surface area contributed by atoms with Gasteiger partial charge in [-0.2, -0.15) is 4.98 Å². The predicted molar refractivity (Wildman–Crippen MR) is 94.2 cm³/mol. The monoisotopic (exact) mass is 356 g/mol. The van der Waals surface area contributed by atoms with E-state index in [9.17, 15) is 9.59 Å². The molecule has 1 aromatic carbocycles. The van der Waals surface area contributed by atoms with Crippen molar-refractivity contribution >= 4 is 28.8 Å². The second-order valence-corrected chi connectivity index (χ2v) is 5.47. The molecule has 0 atom stereocenters. The molecule has 0 aliphatic carbocycles. The minimum absolute atomic E-state index is 0.0336. The summed E-state index contributed by atoms with van der Waals surface area (Å²) in [6.07, 6.45) is 0.529. The second-order valence-electron chi connectivity index (χ2n) is 5.47. The van der Waals surface area contributed by atoms with Gasteiger partial charge in [-0.1, -0.05) is 0 Å². The maximum Gasteiger partial charge on any atom is 0.336 e. The third-order valence-electron chi connectivity index (χ3n) is 3.60. The topological polar surface area (TPSA) is 199 Å². The molecular weight excluding hydrogens is 340 g/mol. The van der Waals surface area contributed by atoms with E-state index in [-0.39, 0.29) is 29.2 Å². The van der Waals surface area contributed by atoms with Gasteiger partial charge in [0.2, 0.25) is 5.95 Å². The Bertz CT molecular complexity index is 1050. The molecule has 0 bridgehead atoms. The molecule has 0 radical (unpaired) electrons. The number of carbonyl (C=O) groups is 1. The summed E-state index contributed by atoms with van der Waals surface area (Å²) >= 11 is 0. The summed E-state index contributed by atoms with van der Waals surface area (Å²) in [5, 5.41) is 12.2. The molecule has 9 N–H and O–H groups in total. The summed E-state index contributed by atoms with van der Waals surface area (Å²) in [6.45, 7) is 0.235. The molecule has 2 aromatic heterocycles. The number of carboxylic acids is 1. The number of nitrogen functional groups attached to an aromatic ring is 1. The average Bonchev–Trinajstić information content (AvgIpc) is 2.59. The van der Waals surface area contributed by atoms with E-state index in [1.807, 2.05) is 0 Å². The van der Waals surface area contributed by atoms with E-state index in [1.165, 1.54) is 12.3 Å². The molecule has 0 aliphatic rings. The zero-order valence-electron chi connectivity index (χ0n) is 13.4. The van der Waals surface area contributed by atoms with Crippen molar-refractivity contribution in [3.8, 4) is 0 Å². The number of nitrogens with two attached hydrogens (primary N) is 3. The van der Waals surface area contributed by atoms with Crippen LogP contribution in [0.5, 0.6) is 0 Å². The van der Waals surface area contributed by atoms with Crippen LogP contribution >= 0.6 is 0 Å². The number of carboxylic acid groups (broad SMARTS) is 1. The number of aromatic nitrogens is 4. The van der Waals surface area contributed by atoms with Gasteiger partial charge in [-0.15, -0.1) is 0 Å². The Kier molecular flexibility index (Phi) is 4.47. The van der Waals surface area contributed by atoms with Crippen LogP contribution in [0.3, 0.4) is 0 Å². The largest absolute Gasteiger partial charge is 0.478 e. The van der Waals surface area contributed by atoms with Crippen LogP contribution in [0.2, 0.25) is 0 Å². The van der Waals surface area contributed by atoms with E-state index < -0.39 is 17.7 Å². The van der Waals surface area contributed by atoms with E-state index in [0.717, 1.165) is 0 Å². The molecule has 134 valence electrons. The third kappa shape index (κ3) is 3.43. The number of aromatic carboxylic acids is 1. The Morgan fingerprint density at radius 1 is 1.31 bits per heavy atom. The number of fused-ring (bicyclic) bond motifs is 1. The smallest absolute Gasteiger partial charge is 0.336 e. The van der Waals surface area contributed by atoms with Crippen molar-refractivity contribution in [2.45, 2.75) is 12.7 Å². The molecular formula is C15H16N8O3. The van der Waals surface area contributed by atoms with E-state index in [2.05, 4.69) is 25.3 Å². The summed E-state index contributed by atoms with van der Waals surface area (Å²) < 4.78 is 0. The molecule has 3 rings (SSSR count). The molecule has 0 unspecified atom stereocenters. The number of hydrogen-bond acceptors (Lipinski definition) is 9. The number of benzene rings is 1. The molecule has 26 heavy (non-hydrogen) atoms. The maximum atomic E-state index is 11.9. The summed E-state index contributed by atoms with van der Waals surface area (Å²) in [5.41, 5.74) is 17.9. The lowest BCUT2D eigenvalue weighted by molar-refractivity contribution is 0.0695. The number of nitrogens with zero attached hydrogens (tertiary/aromatic N) is 3. The van der Waals surface area contributed by atoms with Crippen molar-refractivity contribution in [1.29, 1.82) is 0 Å². The standard InChI is InChI=1S/C15H16N8O3/c16-11(17)9-3-6(1-2-8(9)14(25)26)19-4-7-5-20-12-10(21-7)13(24)23-15(18)22-12/h1-3,5,11,19H,4,16-17H2,(H,25,26)(H3,18,20,22,23,24). The Morgan fingerprint density at radius 3 is 2.77 bits per heavy atom. The second kappa shape index (κ2) is 6.74. The maximum absolute atomic E-state index is 11.9. The first-order valence-electron chi connectivity index (χ1n) is 7.49. The summed E-state index contributed by atoms with van der Waals surface area (Å²) in [4.78, 5) is 37.6. The van der Waals surface area contributed by atoms with Crippen LogP contribution in [0.25, 0.3) is 11.2 Å². The Balaban J connectivity index is 1.85. The minimum Gasteiger partial charge on any atom is -0.478 e. The normalized spacial score (nSPS) is 11.0. The Labute approximate surface area is 146 Å². The SMILES string of the molecule is Nc1nc2ncc(CNc3ccc(C(=O)O)c(C(N)N)c3)nc2c(=O)[nH]1. The van der Waals surface area contributed by atoms with Gasteiger partial charge in [-0.3, -0.25) is 9.78 Å². The van der Waals surface area contributed by atoms with Crippen LogP contribution in [0, 0.1) is 0 Å². The molecule has 11 heteroatoms. The highest BCUT2D eigenvalue weighted by Crippen LogP contribution is 2.19. The quantitative estimate of drug-likeness (QED) is 0.324. The number of rotatable bonds is 5. The van der Waals surface area contributed by atoms with Crippen molar-refractivity contribution in [3.63, 3.8) is 0 Å². The van der Waals surface area contributed by atoms with Crippen molar-refractivity contribution in [3.05, 3.63) is 51.6 Å². The van der Waals surface area contributed by atoms with E-state index in [4.69, 9.17) is 22.3 Å². The molecule has 3 aromatic rings. The highest BCUT2D eigenvalue weighted by Gasteiger charge is 2.14. The zero-order chi connectivity index (χ0) is 18.8. The summed E-state index contributed by atoms with van der Waals surface area (Å²) in [6, 6.07) is 4.55. The van der Waals surface area contributed by atoms with Crippen molar-refractivity contribution < 1.29 is 9.90 Å². The van der Waals surface area contributed by atoms with Crippen LogP contribution in [-0.4, -0.2) is 31.0 Å². The lowest BCUT2D eigenvalue weighted by Gasteiger charge is -2.13. The third-order valence-corrected chi connectivity index (χ3v) is 3.60. The highest BCUT2D eigenvalue weighted by atomic mass is 16.4. The Morgan fingerprint density at radius 2 is 2.08 bits per heavy atom. The zero-order valence-corrected chi connectivity index (χ0v) is 13.4. The van der Waals surface area contributed by atoms with Crippen LogP contribution in [0.1, 0.15) is 27.8 Å². The van der Waals surface area contributed by atoms with Gasteiger partial charge >= 0.3 is 5.97 Å². The van der Waals surface area contributed by atoms with Crippen molar-refractivity contribution in [2.75, 3.05) is 11.1 Å². The number of aromatic amines is 1. The molecule has 2 heterocycles. The van der Waals surface area contributed by atoms with E-state index >= 15 is 0 Å². The molecule has 0 aliphatic heterocycles. The summed E-state index contributed by atoms with van der Waals surface area (Å²) in [7, 11) is 0. The van der Waals surface area contributed by atoms with Crippen molar-refractivity contribution in [2.24, 2.45) is 11.5 Å².